The van der Waals surface area contributed by atoms with Gasteiger partial charge >= 0.3 is 0 Å². The largest absolute Gasteiger partial charge is 0.504 e. The average molecular weight is 651 g/mol. The number of hydrogen-bond acceptors (Lipinski definition) is 8. The van der Waals surface area contributed by atoms with Gasteiger partial charge in [0.15, 0.2) is 46.1 Å². The summed E-state index contributed by atoms with van der Waals surface area (Å²) in [6, 6.07) is 25.2. The van der Waals surface area contributed by atoms with Crippen molar-refractivity contribution in [2.75, 3.05) is 7.11 Å². The van der Waals surface area contributed by atoms with Gasteiger partial charge in [-0.2, -0.15) is 0 Å². The SMILES string of the molecule is CC.CC(C)c1ccc(C(=O)CC(=O)c2ccccc2)cc1.COc1cc(/C=C/C(=O)CC(=O)/C=C/c2ccc(O)c(O)c2)ccc1O. The fourth-order valence-corrected chi connectivity index (χ4v) is 4.14. The highest BCUT2D eigenvalue weighted by atomic mass is 16.5. The van der Waals surface area contributed by atoms with Gasteiger partial charge in [-0.3, -0.25) is 19.2 Å². The predicted octanol–water partition coefficient (Wildman–Crippen LogP) is 8.36. The minimum absolute atomic E-state index is 0.00319. The van der Waals surface area contributed by atoms with Gasteiger partial charge < -0.3 is 20.1 Å². The molecule has 4 rings (SSSR count). The van der Waals surface area contributed by atoms with Crippen molar-refractivity contribution in [2.45, 2.75) is 46.5 Å². The molecule has 250 valence electrons. The Kier molecular flexibility index (Phi) is 15.8. The number of carbonyl (C=O) groups excluding carboxylic acids is 4. The Labute approximate surface area is 281 Å². The number of carbonyl (C=O) groups is 4. The second-order valence-electron chi connectivity index (χ2n) is 10.6. The zero-order valence-electron chi connectivity index (χ0n) is 27.8. The number of benzene rings is 4. The molecule has 0 heterocycles. The highest BCUT2D eigenvalue weighted by Crippen LogP contribution is 2.27. The minimum Gasteiger partial charge on any atom is -0.504 e. The second-order valence-corrected chi connectivity index (χ2v) is 10.6. The van der Waals surface area contributed by atoms with Gasteiger partial charge in [-0.1, -0.05) is 107 Å². The molecule has 0 saturated heterocycles. The molecule has 4 aromatic rings. The number of aromatic hydroxyl groups is 3. The molecule has 0 aliphatic heterocycles. The summed E-state index contributed by atoms with van der Waals surface area (Å²) in [5, 5.41) is 28.1. The number of ketones is 4. The lowest BCUT2D eigenvalue weighted by Crippen LogP contribution is -2.08. The third kappa shape index (κ3) is 12.6. The third-order valence-corrected chi connectivity index (χ3v) is 6.79. The quantitative estimate of drug-likeness (QED) is 0.0602. The van der Waals surface area contributed by atoms with E-state index in [1.807, 2.05) is 32.0 Å². The number of Topliss-reactive ketones (excluding diaryl/α,β-unsaturated/α-hetero) is 2. The van der Waals surface area contributed by atoms with Crippen LogP contribution >= 0.6 is 0 Å². The molecule has 3 N–H and O–H groups in total. The summed E-state index contributed by atoms with van der Waals surface area (Å²) in [5.41, 5.74) is 3.54. The van der Waals surface area contributed by atoms with Crippen molar-refractivity contribution >= 4 is 35.3 Å². The van der Waals surface area contributed by atoms with E-state index < -0.39 is 5.78 Å². The number of hydrogen-bond donors (Lipinski definition) is 3. The Balaban J connectivity index is 0.000000327. The van der Waals surface area contributed by atoms with E-state index in [9.17, 15) is 34.5 Å². The summed E-state index contributed by atoms with van der Waals surface area (Å²) in [4.78, 5) is 47.8. The monoisotopic (exact) mass is 650 g/mol. The van der Waals surface area contributed by atoms with Crippen molar-refractivity contribution in [3.8, 4) is 23.0 Å². The second kappa shape index (κ2) is 19.7. The Morgan fingerprint density at radius 3 is 1.62 bits per heavy atom. The molecule has 0 spiro atoms. The topological polar surface area (TPSA) is 138 Å². The number of allylic oxidation sites excluding steroid dienone is 2. The first-order valence-electron chi connectivity index (χ1n) is 15.5. The molecule has 4 aromatic carbocycles. The van der Waals surface area contributed by atoms with Crippen LogP contribution in [0.1, 0.15) is 83.9 Å². The lowest BCUT2D eigenvalue weighted by atomic mass is 9.98. The van der Waals surface area contributed by atoms with Gasteiger partial charge in [-0.15, -0.1) is 0 Å². The van der Waals surface area contributed by atoms with Gasteiger partial charge in [0.1, 0.15) is 0 Å². The van der Waals surface area contributed by atoms with Crippen molar-refractivity contribution in [1.82, 2.24) is 0 Å². The molecule has 8 heteroatoms. The van der Waals surface area contributed by atoms with Crippen LogP contribution in [0.5, 0.6) is 23.0 Å². The molecule has 0 saturated carbocycles. The zero-order chi connectivity index (χ0) is 35.6. The molecule has 0 fully saturated rings. The zero-order valence-corrected chi connectivity index (χ0v) is 27.8. The molecule has 0 aliphatic rings. The molecule has 0 aromatic heterocycles. The number of rotatable bonds is 12. The predicted molar refractivity (Wildman–Crippen MR) is 189 cm³/mol. The van der Waals surface area contributed by atoms with Crippen LogP contribution in [0.15, 0.2) is 103 Å². The maximum absolute atomic E-state index is 12.1. The van der Waals surface area contributed by atoms with Gasteiger partial charge in [0, 0.05) is 11.1 Å². The molecular weight excluding hydrogens is 608 g/mol. The van der Waals surface area contributed by atoms with E-state index >= 15 is 0 Å². The smallest absolute Gasteiger partial charge is 0.170 e. The number of phenols is 3. The summed E-state index contributed by atoms with van der Waals surface area (Å²) in [6.45, 7) is 8.21. The molecule has 48 heavy (non-hydrogen) atoms. The van der Waals surface area contributed by atoms with Crippen LogP contribution in [-0.2, 0) is 9.59 Å². The molecule has 8 nitrogen and oxygen atoms in total. The van der Waals surface area contributed by atoms with E-state index in [0.29, 0.717) is 28.2 Å². The fourth-order valence-electron chi connectivity index (χ4n) is 4.14. The lowest BCUT2D eigenvalue weighted by molar-refractivity contribution is -0.121. The van der Waals surface area contributed by atoms with E-state index in [2.05, 4.69) is 13.8 Å². The van der Waals surface area contributed by atoms with Crippen molar-refractivity contribution in [1.29, 1.82) is 0 Å². The average Bonchev–Trinajstić information content (AvgIpc) is 3.10. The van der Waals surface area contributed by atoms with Crippen LogP contribution in [0.4, 0.5) is 0 Å². The van der Waals surface area contributed by atoms with Crippen LogP contribution in [-0.4, -0.2) is 45.6 Å². The third-order valence-electron chi connectivity index (χ3n) is 6.79. The van der Waals surface area contributed by atoms with E-state index in [0.717, 1.165) is 0 Å². The van der Waals surface area contributed by atoms with Crippen molar-refractivity contribution in [2.24, 2.45) is 0 Å². The molecule has 0 aliphatic carbocycles. The first-order chi connectivity index (χ1) is 23.0. The fraction of sp³-hybridized carbons (Fsp3) is 0.200. The van der Waals surface area contributed by atoms with E-state index in [1.54, 1.807) is 48.5 Å². The summed E-state index contributed by atoms with van der Waals surface area (Å²) >= 11 is 0. The van der Waals surface area contributed by atoms with Crippen molar-refractivity contribution < 1.29 is 39.2 Å². The minimum atomic E-state index is -0.393. The van der Waals surface area contributed by atoms with Crippen LogP contribution in [0, 0.1) is 0 Å². The lowest BCUT2D eigenvalue weighted by Gasteiger charge is -2.06. The van der Waals surface area contributed by atoms with Crippen LogP contribution in [0.3, 0.4) is 0 Å². The molecule has 0 atom stereocenters. The molecule has 0 radical (unpaired) electrons. The molecule has 0 bridgehead atoms. The summed E-state index contributed by atoms with van der Waals surface area (Å²) in [6.07, 6.45) is 5.12. The summed E-state index contributed by atoms with van der Waals surface area (Å²) in [5.74, 6) is -0.853. The van der Waals surface area contributed by atoms with E-state index in [4.69, 9.17) is 4.74 Å². The highest BCUT2D eigenvalue weighted by molar-refractivity contribution is 6.13. The standard InChI is InChI=1S/C20H18O6.C18H18O2.C2H6/c1-26-20-11-14(5-9-18(20)24)3-7-16(22)12-15(21)6-2-13-4-8-17(23)19(25)10-13;1-13(2)14-8-10-16(11-9-14)18(20)12-17(19)15-6-4-3-5-7-15;1-2/h2-11,23-25H,12H2,1H3;3-11,13H,12H2,1-2H3;1-2H3/b6-2+,7-3+;;. The Bertz CT molecular complexity index is 1730. The van der Waals surface area contributed by atoms with Gasteiger partial charge in [-0.25, -0.2) is 0 Å². The maximum atomic E-state index is 12.1. The number of methoxy groups -OCH3 is 1. The maximum Gasteiger partial charge on any atom is 0.170 e. The van der Waals surface area contributed by atoms with Gasteiger partial charge in [0.2, 0.25) is 0 Å². The Morgan fingerprint density at radius 2 is 1.12 bits per heavy atom. The molecular formula is C40H42O8. The van der Waals surface area contributed by atoms with Crippen LogP contribution in [0.25, 0.3) is 12.2 Å². The van der Waals surface area contributed by atoms with Gasteiger partial charge in [-0.05, 0) is 59.0 Å². The van der Waals surface area contributed by atoms with E-state index in [-0.39, 0.29) is 53.2 Å². The summed E-state index contributed by atoms with van der Waals surface area (Å²) in [7, 11) is 1.42. The first kappa shape index (κ1) is 38.4. The number of ether oxygens (including phenoxy) is 1. The van der Waals surface area contributed by atoms with Crippen molar-refractivity contribution in [3.05, 3.63) is 131 Å². The van der Waals surface area contributed by atoms with Crippen molar-refractivity contribution in [3.63, 3.8) is 0 Å². The van der Waals surface area contributed by atoms with E-state index in [1.165, 1.54) is 61.2 Å². The summed E-state index contributed by atoms with van der Waals surface area (Å²) < 4.78 is 4.98. The van der Waals surface area contributed by atoms with Gasteiger partial charge in [0.05, 0.1) is 20.0 Å². The van der Waals surface area contributed by atoms with Gasteiger partial charge in [0.25, 0.3) is 0 Å². The van der Waals surface area contributed by atoms with Crippen LogP contribution < -0.4 is 4.74 Å². The number of phenolic OH excluding ortho intramolecular Hbond substituents is 3. The normalized spacial score (nSPS) is 10.5. The Morgan fingerprint density at radius 1 is 0.625 bits per heavy atom. The Hall–Kier alpha value is -5.76. The van der Waals surface area contributed by atoms with Crippen LogP contribution in [0.2, 0.25) is 0 Å². The first-order valence-corrected chi connectivity index (χ1v) is 15.5. The highest BCUT2D eigenvalue weighted by Gasteiger charge is 2.13. The molecule has 0 unspecified atom stereocenters. The molecule has 0 amide bonds.